The Balaban J connectivity index is 3.39. The molecular weight excluding hydrogens is 193 g/mol. The van der Waals surface area contributed by atoms with E-state index in [9.17, 15) is 13.2 Å². The molecule has 0 N–H and O–H groups in total. The second kappa shape index (κ2) is 3.52. The molecule has 1 rings (SSSR count). The van der Waals surface area contributed by atoms with Gasteiger partial charge in [-0.1, -0.05) is 6.07 Å². The molecule has 0 amide bonds. The first-order valence-corrected chi connectivity index (χ1v) is 4.09. The smallest absolute Gasteiger partial charge is 0.419 e. The van der Waals surface area contributed by atoms with E-state index in [1.54, 1.807) is 13.8 Å². The molecule has 78 valence electrons. The molecule has 1 aromatic carbocycles. The van der Waals surface area contributed by atoms with E-state index in [2.05, 4.69) is 0 Å². The van der Waals surface area contributed by atoms with Crippen molar-refractivity contribution in [3.8, 4) is 5.75 Å². The fourth-order valence-electron chi connectivity index (χ4n) is 1.28. The van der Waals surface area contributed by atoms with Crippen LogP contribution < -0.4 is 4.74 Å². The third kappa shape index (κ3) is 1.84. The summed E-state index contributed by atoms with van der Waals surface area (Å²) in [5.41, 5.74) is 0.597. The van der Waals surface area contributed by atoms with E-state index in [1.165, 1.54) is 13.2 Å². The van der Waals surface area contributed by atoms with Crippen LogP contribution in [0.4, 0.5) is 13.2 Å². The summed E-state index contributed by atoms with van der Waals surface area (Å²) in [4.78, 5) is 0. The van der Waals surface area contributed by atoms with E-state index in [4.69, 9.17) is 4.74 Å². The number of ether oxygens (including phenoxy) is 1. The highest BCUT2D eigenvalue weighted by Crippen LogP contribution is 2.38. The van der Waals surface area contributed by atoms with Crippen molar-refractivity contribution in [1.82, 2.24) is 0 Å². The first-order chi connectivity index (χ1) is 6.38. The summed E-state index contributed by atoms with van der Waals surface area (Å²) in [6.45, 7) is 3.36. The van der Waals surface area contributed by atoms with Crippen LogP contribution in [0.1, 0.15) is 16.7 Å². The minimum absolute atomic E-state index is 0.0856. The van der Waals surface area contributed by atoms with Crippen molar-refractivity contribution in [2.24, 2.45) is 0 Å². The van der Waals surface area contributed by atoms with Gasteiger partial charge in [-0.25, -0.2) is 0 Å². The van der Waals surface area contributed by atoms with Gasteiger partial charge < -0.3 is 4.74 Å². The lowest BCUT2D eigenvalue weighted by atomic mass is 10.0. The quantitative estimate of drug-likeness (QED) is 0.681. The van der Waals surface area contributed by atoms with Crippen molar-refractivity contribution >= 4 is 0 Å². The summed E-state index contributed by atoms with van der Waals surface area (Å²) in [5.74, 6) is -0.0856. The maximum Gasteiger partial charge on any atom is 0.419 e. The molecule has 0 spiro atoms. The molecule has 0 bridgehead atoms. The molecule has 0 aliphatic heterocycles. The van der Waals surface area contributed by atoms with Crippen LogP contribution in [0, 0.1) is 13.8 Å². The van der Waals surface area contributed by atoms with E-state index in [0.717, 1.165) is 11.6 Å². The lowest BCUT2D eigenvalue weighted by molar-refractivity contribution is -0.138. The van der Waals surface area contributed by atoms with Gasteiger partial charge in [0.25, 0.3) is 0 Å². The Hall–Kier alpha value is -1.19. The third-order valence-electron chi connectivity index (χ3n) is 2.19. The van der Waals surface area contributed by atoms with Gasteiger partial charge in [0, 0.05) is 0 Å². The maximum absolute atomic E-state index is 12.5. The van der Waals surface area contributed by atoms with Crippen molar-refractivity contribution in [2.75, 3.05) is 7.11 Å². The van der Waals surface area contributed by atoms with Gasteiger partial charge in [-0.3, -0.25) is 0 Å². The highest BCUT2D eigenvalue weighted by atomic mass is 19.4. The molecule has 4 heteroatoms. The Morgan fingerprint density at radius 3 is 2.14 bits per heavy atom. The molecule has 0 radical (unpaired) electrons. The van der Waals surface area contributed by atoms with Crippen LogP contribution in [-0.4, -0.2) is 7.11 Å². The molecule has 0 heterocycles. The molecule has 1 aromatic rings. The molecule has 0 atom stereocenters. The Morgan fingerprint density at radius 2 is 1.71 bits per heavy atom. The van der Waals surface area contributed by atoms with Crippen molar-refractivity contribution in [1.29, 1.82) is 0 Å². The van der Waals surface area contributed by atoms with Gasteiger partial charge >= 0.3 is 6.18 Å². The topological polar surface area (TPSA) is 9.23 Å². The normalized spacial score (nSPS) is 11.6. The summed E-state index contributed by atoms with van der Waals surface area (Å²) in [6, 6.07) is 2.49. The Kier molecular flexibility index (Phi) is 2.73. The van der Waals surface area contributed by atoms with Crippen molar-refractivity contribution in [2.45, 2.75) is 20.0 Å². The monoisotopic (exact) mass is 204 g/mol. The van der Waals surface area contributed by atoms with Crippen LogP contribution in [0.25, 0.3) is 0 Å². The zero-order valence-corrected chi connectivity index (χ0v) is 8.20. The molecule has 0 fully saturated rings. The zero-order valence-electron chi connectivity index (χ0n) is 8.20. The Morgan fingerprint density at radius 1 is 1.14 bits per heavy atom. The minimum Gasteiger partial charge on any atom is -0.496 e. The van der Waals surface area contributed by atoms with E-state index in [-0.39, 0.29) is 5.75 Å². The Labute approximate surface area is 80.5 Å². The number of benzene rings is 1. The van der Waals surface area contributed by atoms with Crippen LogP contribution in [0.5, 0.6) is 5.75 Å². The molecule has 0 aliphatic carbocycles. The number of hydrogen-bond donors (Lipinski definition) is 0. The maximum atomic E-state index is 12.5. The number of alkyl halides is 3. The molecule has 14 heavy (non-hydrogen) atoms. The number of halogens is 3. The third-order valence-corrected chi connectivity index (χ3v) is 2.19. The van der Waals surface area contributed by atoms with Gasteiger partial charge in [-0.2, -0.15) is 13.2 Å². The fraction of sp³-hybridized carbons (Fsp3) is 0.400. The number of methoxy groups -OCH3 is 1. The molecule has 1 nitrogen and oxygen atoms in total. The fourth-order valence-corrected chi connectivity index (χ4v) is 1.28. The first kappa shape index (κ1) is 10.9. The van der Waals surface area contributed by atoms with Crippen LogP contribution in [0.15, 0.2) is 12.1 Å². The highest BCUT2D eigenvalue weighted by Gasteiger charge is 2.34. The summed E-state index contributed by atoms with van der Waals surface area (Å²) in [6.07, 6.45) is -4.36. The molecule has 0 aromatic heterocycles. The van der Waals surface area contributed by atoms with Gasteiger partial charge in [-0.15, -0.1) is 0 Å². The summed E-state index contributed by atoms with van der Waals surface area (Å²) in [7, 11) is 1.25. The minimum atomic E-state index is -4.36. The second-order valence-electron chi connectivity index (χ2n) is 3.09. The number of hydrogen-bond acceptors (Lipinski definition) is 1. The zero-order chi connectivity index (χ0) is 10.9. The largest absolute Gasteiger partial charge is 0.496 e. The van der Waals surface area contributed by atoms with E-state index in [1.807, 2.05) is 0 Å². The van der Waals surface area contributed by atoms with Gasteiger partial charge in [0.05, 0.1) is 12.7 Å². The summed E-state index contributed by atoms with van der Waals surface area (Å²) < 4.78 is 42.2. The molecule has 0 unspecified atom stereocenters. The van der Waals surface area contributed by atoms with Crippen molar-refractivity contribution < 1.29 is 17.9 Å². The van der Waals surface area contributed by atoms with Gasteiger partial charge in [0.1, 0.15) is 5.75 Å². The predicted molar refractivity (Wildman–Crippen MR) is 47.5 cm³/mol. The summed E-state index contributed by atoms with van der Waals surface area (Å²) in [5, 5.41) is 0. The SMILES string of the molecule is COc1c(C(F)(F)F)ccc(C)c1C. The molecule has 0 saturated carbocycles. The average molecular weight is 204 g/mol. The van der Waals surface area contributed by atoms with Crippen LogP contribution in [-0.2, 0) is 6.18 Å². The predicted octanol–water partition coefficient (Wildman–Crippen LogP) is 3.33. The molecule has 0 aliphatic rings. The van der Waals surface area contributed by atoms with E-state index >= 15 is 0 Å². The number of aryl methyl sites for hydroxylation is 1. The Bertz CT molecular complexity index is 342. The van der Waals surface area contributed by atoms with Crippen molar-refractivity contribution in [3.05, 3.63) is 28.8 Å². The lowest BCUT2D eigenvalue weighted by Crippen LogP contribution is -2.08. The van der Waals surface area contributed by atoms with E-state index < -0.39 is 11.7 Å². The molecule has 0 saturated heterocycles. The van der Waals surface area contributed by atoms with Gasteiger partial charge in [0.2, 0.25) is 0 Å². The highest BCUT2D eigenvalue weighted by molar-refractivity contribution is 5.46. The lowest BCUT2D eigenvalue weighted by Gasteiger charge is -2.15. The standard InChI is InChI=1S/C10H11F3O/c1-6-4-5-8(10(11,12)13)9(14-3)7(6)2/h4-5H,1-3H3. The second-order valence-corrected chi connectivity index (χ2v) is 3.09. The van der Waals surface area contributed by atoms with Crippen molar-refractivity contribution in [3.63, 3.8) is 0 Å². The number of rotatable bonds is 1. The van der Waals surface area contributed by atoms with Gasteiger partial charge in [0.15, 0.2) is 0 Å². The van der Waals surface area contributed by atoms with E-state index in [0.29, 0.717) is 5.56 Å². The average Bonchev–Trinajstić information content (AvgIpc) is 2.07. The summed E-state index contributed by atoms with van der Waals surface area (Å²) >= 11 is 0. The van der Waals surface area contributed by atoms with Gasteiger partial charge in [-0.05, 0) is 31.0 Å². The van der Waals surface area contributed by atoms with Crippen LogP contribution >= 0.6 is 0 Å². The first-order valence-electron chi connectivity index (χ1n) is 4.09. The van der Waals surface area contributed by atoms with Crippen LogP contribution in [0.3, 0.4) is 0 Å². The molecular formula is C10H11F3O. The van der Waals surface area contributed by atoms with Crippen LogP contribution in [0.2, 0.25) is 0 Å².